The van der Waals surface area contributed by atoms with E-state index in [2.05, 4.69) is 0 Å². The second-order valence-electron chi connectivity index (χ2n) is 10.1. The van der Waals surface area contributed by atoms with Crippen LogP contribution >= 0.6 is 11.6 Å². The van der Waals surface area contributed by atoms with Crippen molar-refractivity contribution in [1.82, 2.24) is 0 Å². The van der Waals surface area contributed by atoms with E-state index in [-0.39, 0.29) is 30.0 Å². The summed E-state index contributed by atoms with van der Waals surface area (Å²) in [6.45, 7) is 3.60. The second-order valence-corrected chi connectivity index (χ2v) is 10.5. The lowest BCUT2D eigenvalue weighted by Crippen LogP contribution is -2.47. The van der Waals surface area contributed by atoms with Gasteiger partial charge in [0, 0.05) is 34.9 Å². The highest BCUT2D eigenvalue weighted by molar-refractivity contribution is 6.30. The molecule has 1 aliphatic heterocycles. The smallest absolute Gasteiger partial charge is 0.258 e. The van der Waals surface area contributed by atoms with E-state index in [9.17, 15) is 9.59 Å². The summed E-state index contributed by atoms with van der Waals surface area (Å²) in [7, 11) is 1.61. The third-order valence-electron chi connectivity index (χ3n) is 7.54. The highest BCUT2D eigenvalue weighted by Crippen LogP contribution is 2.43. The third kappa shape index (κ3) is 5.10. The molecule has 3 aromatic rings. The number of carbonyl (C=O) groups excluding carboxylic acids is 2. The Balaban J connectivity index is 1.50. The number of anilines is 2. The van der Waals surface area contributed by atoms with Crippen LogP contribution in [0.25, 0.3) is 0 Å². The minimum absolute atomic E-state index is 0.0667. The predicted molar refractivity (Wildman–Crippen MR) is 151 cm³/mol. The van der Waals surface area contributed by atoms with E-state index in [0.29, 0.717) is 28.5 Å². The van der Waals surface area contributed by atoms with Crippen molar-refractivity contribution < 1.29 is 19.1 Å². The molecule has 1 saturated carbocycles. The molecule has 0 unspecified atom stereocenters. The number of nitrogens with zero attached hydrogens (tertiary/aromatic N) is 2. The number of rotatable bonds is 6. The van der Waals surface area contributed by atoms with E-state index < -0.39 is 0 Å². The zero-order valence-corrected chi connectivity index (χ0v) is 22.8. The van der Waals surface area contributed by atoms with Crippen LogP contribution in [0, 0.1) is 0 Å². The molecule has 38 heavy (non-hydrogen) atoms. The van der Waals surface area contributed by atoms with Gasteiger partial charge in [0.1, 0.15) is 0 Å². The first-order chi connectivity index (χ1) is 18.4. The number of carbonyl (C=O) groups is 2. The van der Waals surface area contributed by atoms with Crippen molar-refractivity contribution in [3.8, 4) is 11.5 Å². The van der Waals surface area contributed by atoms with Crippen LogP contribution in [-0.2, 0) is 4.79 Å². The van der Waals surface area contributed by atoms with Gasteiger partial charge in [-0.1, -0.05) is 29.8 Å². The fraction of sp³-hybridized carbons (Fsp3) is 0.355. The van der Waals surface area contributed by atoms with Crippen LogP contribution in [0.4, 0.5) is 11.4 Å². The number of methoxy groups -OCH3 is 1. The Morgan fingerprint density at radius 3 is 2.37 bits per heavy atom. The first-order valence-corrected chi connectivity index (χ1v) is 13.6. The molecule has 2 atom stereocenters. The summed E-state index contributed by atoms with van der Waals surface area (Å²) in [6, 6.07) is 20.1. The number of fused-ring (bicyclic) bond motifs is 1. The Hall–Kier alpha value is -3.51. The molecular weight excluding hydrogens is 500 g/mol. The van der Waals surface area contributed by atoms with E-state index in [1.165, 1.54) is 0 Å². The van der Waals surface area contributed by atoms with Gasteiger partial charge in [-0.3, -0.25) is 9.59 Å². The van der Waals surface area contributed by atoms with Crippen LogP contribution in [-0.4, -0.2) is 31.1 Å². The number of hydrogen-bond acceptors (Lipinski definition) is 4. The monoisotopic (exact) mass is 532 g/mol. The van der Waals surface area contributed by atoms with Crippen LogP contribution in [0.2, 0.25) is 5.02 Å². The summed E-state index contributed by atoms with van der Waals surface area (Å²) in [4.78, 5) is 30.6. The maximum Gasteiger partial charge on any atom is 0.258 e. The summed E-state index contributed by atoms with van der Waals surface area (Å²) < 4.78 is 11.8. The number of amides is 2. The molecule has 0 N–H and O–H groups in total. The van der Waals surface area contributed by atoms with Crippen molar-refractivity contribution in [3.63, 3.8) is 0 Å². The minimum atomic E-state index is -0.221. The molecule has 3 aromatic carbocycles. The number of para-hydroxylation sites is 1. The van der Waals surface area contributed by atoms with Gasteiger partial charge in [0.05, 0.1) is 19.3 Å². The number of benzene rings is 3. The molecule has 0 aromatic heterocycles. The molecule has 198 valence electrons. The fourth-order valence-corrected chi connectivity index (χ4v) is 5.87. The largest absolute Gasteiger partial charge is 0.493 e. The van der Waals surface area contributed by atoms with Crippen molar-refractivity contribution in [2.75, 3.05) is 16.9 Å². The molecule has 5 rings (SSSR count). The molecule has 7 heteroatoms. The summed E-state index contributed by atoms with van der Waals surface area (Å²) in [5.41, 5.74) is 3.05. The Kier molecular flexibility index (Phi) is 7.61. The predicted octanol–water partition coefficient (Wildman–Crippen LogP) is 7.20. The van der Waals surface area contributed by atoms with Gasteiger partial charge in [-0.25, -0.2) is 0 Å². The minimum Gasteiger partial charge on any atom is -0.493 e. The Morgan fingerprint density at radius 2 is 1.68 bits per heavy atom. The van der Waals surface area contributed by atoms with Crippen molar-refractivity contribution in [1.29, 1.82) is 0 Å². The molecule has 0 bridgehead atoms. The molecule has 1 aliphatic carbocycles. The lowest BCUT2D eigenvalue weighted by Gasteiger charge is -2.43. The second kappa shape index (κ2) is 11.1. The van der Waals surface area contributed by atoms with Gasteiger partial charge in [0.15, 0.2) is 11.5 Å². The topological polar surface area (TPSA) is 59.1 Å². The quantitative estimate of drug-likeness (QED) is 0.337. The van der Waals surface area contributed by atoms with E-state index in [1.54, 1.807) is 49.3 Å². The van der Waals surface area contributed by atoms with Crippen LogP contribution < -0.4 is 19.3 Å². The van der Waals surface area contributed by atoms with Crippen LogP contribution in [0.15, 0.2) is 66.7 Å². The van der Waals surface area contributed by atoms with Crippen LogP contribution in [0.3, 0.4) is 0 Å². The van der Waals surface area contributed by atoms with Crippen molar-refractivity contribution in [2.24, 2.45) is 0 Å². The molecule has 0 spiro atoms. The molecular formula is C31H33ClN2O4. The highest BCUT2D eigenvalue weighted by Gasteiger charge is 2.38. The number of halogens is 1. The molecule has 1 fully saturated rings. The average molecular weight is 533 g/mol. The number of hydrogen-bond donors (Lipinski definition) is 0. The zero-order valence-electron chi connectivity index (χ0n) is 22.0. The normalized spacial score (nSPS) is 19.1. The standard InChI is InChI=1S/C31H33ClN2O4/c1-20-18-28(34(21(2)35)24-15-13-23(32)14-16-24)26-10-6-7-11-27(26)33(20)31(36)22-12-17-29(37-3)30(19-22)38-25-8-4-5-9-25/h6-7,10-17,19-20,25,28H,4-5,8-9,18H2,1-3H3/t20-,28+/m0/s1. The van der Waals surface area contributed by atoms with Crippen LogP contribution in [0.1, 0.15) is 67.9 Å². The van der Waals surface area contributed by atoms with Crippen LogP contribution in [0.5, 0.6) is 11.5 Å². The lowest BCUT2D eigenvalue weighted by molar-refractivity contribution is -0.117. The van der Waals surface area contributed by atoms with Gasteiger partial charge >= 0.3 is 0 Å². The summed E-state index contributed by atoms with van der Waals surface area (Å²) in [6.07, 6.45) is 5.07. The average Bonchev–Trinajstić information content (AvgIpc) is 3.42. The van der Waals surface area contributed by atoms with Crippen molar-refractivity contribution in [2.45, 2.75) is 64.1 Å². The van der Waals surface area contributed by atoms with Gasteiger partial charge < -0.3 is 19.3 Å². The Labute approximate surface area is 229 Å². The Bertz CT molecular complexity index is 1320. The maximum absolute atomic E-state index is 14.0. The van der Waals surface area contributed by atoms with E-state index in [0.717, 1.165) is 42.6 Å². The molecule has 0 radical (unpaired) electrons. The fourth-order valence-electron chi connectivity index (χ4n) is 5.75. The van der Waals surface area contributed by atoms with Gasteiger partial charge in [0.2, 0.25) is 5.91 Å². The zero-order chi connectivity index (χ0) is 26.8. The van der Waals surface area contributed by atoms with E-state index in [4.69, 9.17) is 21.1 Å². The molecule has 2 amide bonds. The van der Waals surface area contributed by atoms with Crippen molar-refractivity contribution >= 4 is 34.8 Å². The molecule has 6 nitrogen and oxygen atoms in total. The van der Waals surface area contributed by atoms with Gasteiger partial charge in [0.25, 0.3) is 5.91 Å². The van der Waals surface area contributed by atoms with Gasteiger partial charge in [-0.15, -0.1) is 0 Å². The van der Waals surface area contributed by atoms with E-state index >= 15 is 0 Å². The maximum atomic E-state index is 14.0. The summed E-state index contributed by atoms with van der Waals surface area (Å²) >= 11 is 6.11. The molecule has 2 aliphatic rings. The third-order valence-corrected chi connectivity index (χ3v) is 7.79. The number of ether oxygens (including phenoxy) is 2. The summed E-state index contributed by atoms with van der Waals surface area (Å²) in [5.74, 6) is 1.05. The molecule has 0 saturated heterocycles. The highest BCUT2D eigenvalue weighted by atomic mass is 35.5. The van der Waals surface area contributed by atoms with Gasteiger partial charge in [-0.05, 0) is 93.1 Å². The lowest BCUT2D eigenvalue weighted by atomic mass is 9.89. The molecule has 1 heterocycles. The van der Waals surface area contributed by atoms with Crippen molar-refractivity contribution in [3.05, 3.63) is 82.9 Å². The Morgan fingerprint density at radius 1 is 0.974 bits per heavy atom. The van der Waals surface area contributed by atoms with Gasteiger partial charge in [-0.2, -0.15) is 0 Å². The van der Waals surface area contributed by atoms with E-state index in [1.807, 2.05) is 48.2 Å². The summed E-state index contributed by atoms with van der Waals surface area (Å²) in [5, 5.41) is 0.613. The SMILES string of the molecule is COc1ccc(C(=O)N2c3ccccc3[C@H](N(C(C)=O)c3ccc(Cl)cc3)C[C@@H]2C)cc1OC1CCCC1. The first-order valence-electron chi connectivity index (χ1n) is 13.2. The first kappa shape index (κ1) is 26.1.